The van der Waals surface area contributed by atoms with Crippen molar-refractivity contribution in [1.82, 2.24) is 14.5 Å². The number of aromatic nitrogens is 2. The first-order chi connectivity index (χ1) is 14.9. The van der Waals surface area contributed by atoms with E-state index >= 15 is 0 Å². The van der Waals surface area contributed by atoms with Crippen LogP contribution >= 0.6 is 11.3 Å². The number of fused-ring (bicyclic) bond motifs is 2. The van der Waals surface area contributed by atoms with Gasteiger partial charge in [0.05, 0.1) is 32.3 Å². The van der Waals surface area contributed by atoms with Crippen LogP contribution in [0.2, 0.25) is 0 Å². The highest BCUT2D eigenvalue weighted by Crippen LogP contribution is 2.36. The lowest BCUT2D eigenvalue weighted by Gasteiger charge is -2.13. The van der Waals surface area contributed by atoms with Crippen LogP contribution in [0.5, 0.6) is 11.5 Å². The first kappa shape index (κ1) is 19.5. The van der Waals surface area contributed by atoms with E-state index in [0.717, 1.165) is 10.2 Å². The summed E-state index contributed by atoms with van der Waals surface area (Å²) in [5, 5.41) is 19.7. The van der Waals surface area contributed by atoms with Gasteiger partial charge < -0.3 is 24.4 Å². The van der Waals surface area contributed by atoms with Crippen LogP contribution < -0.4 is 4.74 Å². The number of pyridine rings is 1. The highest BCUT2D eigenvalue weighted by atomic mass is 32.1. The molecule has 0 bridgehead atoms. The summed E-state index contributed by atoms with van der Waals surface area (Å²) < 4.78 is 8.61. The maximum atomic E-state index is 12.8. The molecule has 1 aliphatic rings. The molecule has 1 aliphatic heterocycles. The number of rotatable bonds is 4. The molecule has 1 amide bonds. The first-order valence-corrected chi connectivity index (χ1v) is 10.6. The molecular formula is C22H19N3O5S. The number of hydrogen-bond acceptors (Lipinski definition) is 6. The molecule has 1 aromatic carbocycles. The van der Waals surface area contributed by atoms with Crippen molar-refractivity contribution in [3.8, 4) is 11.5 Å². The lowest BCUT2D eigenvalue weighted by molar-refractivity contribution is 0.0698. The topological polar surface area (TPSA) is 105 Å². The predicted octanol–water partition coefficient (Wildman–Crippen LogP) is 3.49. The second-order valence-corrected chi connectivity index (χ2v) is 8.62. The predicted molar refractivity (Wildman–Crippen MR) is 116 cm³/mol. The highest BCUT2D eigenvalue weighted by molar-refractivity contribution is 7.21. The summed E-state index contributed by atoms with van der Waals surface area (Å²) in [5.41, 5.74) is 1.65. The molecule has 0 spiro atoms. The number of carbonyl (C=O) groups excluding carboxylic acids is 1. The van der Waals surface area contributed by atoms with Crippen LogP contribution in [0.1, 0.15) is 26.5 Å². The van der Waals surface area contributed by atoms with Crippen molar-refractivity contribution >= 4 is 44.3 Å². The number of aromatic carboxylic acids is 1. The van der Waals surface area contributed by atoms with E-state index in [1.54, 1.807) is 59.2 Å². The number of likely N-dealkylation sites (tertiary alicyclic amines) is 1. The zero-order valence-corrected chi connectivity index (χ0v) is 17.4. The van der Waals surface area contributed by atoms with E-state index in [1.165, 1.54) is 11.3 Å². The molecule has 1 fully saturated rings. The van der Waals surface area contributed by atoms with Crippen molar-refractivity contribution in [3.63, 3.8) is 0 Å². The van der Waals surface area contributed by atoms with E-state index in [1.807, 2.05) is 0 Å². The largest absolute Gasteiger partial charge is 0.478 e. The van der Waals surface area contributed by atoms with Gasteiger partial charge in [0.15, 0.2) is 0 Å². The van der Waals surface area contributed by atoms with E-state index < -0.39 is 12.1 Å². The van der Waals surface area contributed by atoms with Crippen molar-refractivity contribution in [3.05, 3.63) is 53.2 Å². The minimum absolute atomic E-state index is 0.114. The minimum Gasteiger partial charge on any atom is -0.478 e. The Morgan fingerprint density at radius 3 is 2.84 bits per heavy atom. The Morgan fingerprint density at radius 2 is 2.10 bits per heavy atom. The molecule has 0 aliphatic carbocycles. The fourth-order valence-corrected chi connectivity index (χ4v) is 4.94. The van der Waals surface area contributed by atoms with Crippen molar-refractivity contribution in [2.75, 3.05) is 13.1 Å². The third-order valence-corrected chi connectivity index (χ3v) is 6.58. The third kappa shape index (κ3) is 3.41. The van der Waals surface area contributed by atoms with Crippen LogP contribution in [-0.2, 0) is 7.05 Å². The molecule has 0 radical (unpaired) electrons. The molecule has 0 unspecified atom stereocenters. The zero-order chi connectivity index (χ0) is 21.7. The number of ether oxygens (including phenoxy) is 1. The number of aryl methyl sites for hydroxylation is 1. The van der Waals surface area contributed by atoms with Crippen molar-refractivity contribution in [2.24, 2.45) is 7.05 Å². The number of aliphatic hydroxyl groups is 1. The number of carboxylic acids is 1. The molecule has 4 aromatic rings. The normalized spacial score (nSPS) is 16.3. The fraction of sp³-hybridized carbons (Fsp3) is 0.227. The fourth-order valence-electron chi connectivity index (χ4n) is 3.91. The van der Waals surface area contributed by atoms with E-state index in [9.17, 15) is 19.8 Å². The van der Waals surface area contributed by atoms with E-state index in [-0.39, 0.29) is 11.5 Å². The van der Waals surface area contributed by atoms with E-state index in [0.29, 0.717) is 46.8 Å². The number of benzene rings is 1. The quantitative estimate of drug-likeness (QED) is 0.506. The van der Waals surface area contributed by atoms with Gasteiger partial charge >= 0.3 is 5.97 Å². The Hall–Kier alpha value is -3.43. The standard InChI is InChI=1S/C22H19N3O5S/c1-24-11-15(22(28)29)14-3-2-13(8-17(14)24)30-18-4-6-23-16-9-19(31-20(16)18)21(27)25-7-5-12(26)10-25/h2-4,6,8-9,11-12,26H,5,7,10H2,1H3,(H,28,29)/t12-/m1/s1. The van der Waals surface area contributed by atoms with Gasteiger partial charge in [-0.05, 0) is 24.6 Å². The Labute approximate surface area is 180 Å². The number of β-amino-alcohol motifs (C(OH)–C–C–N with tert-alkyl or cyclic N) is 1. The Morgan fingerprint density at radius 1 is 1.26 bits per heavy atom. The molecule has 9 heteroatoms. The molecule has 31 heavy (non-hydrogen) atoms. The van der Waals surface area contributed by atoms with E-state index in [4.69, 9.17) is 4.74 Å². The van der Waals surface area contributed by atoms with Gasteiger partial charge in [0.25, 0.3) is 5.91 Å². The van der Waals surface area contributed by atoms with Gasteiger partial charge in [-0.3, -0.25) is 9.78 Å². The smallest absolute Gasteiger partial charge is 0.337 e. The number of hydrogen-bond donors (Lipinski definition) is 2. The van der Waals surface area contributed by atoms with Gasteiger partial charge in [0.1, 0.15) is 11.5 Å². The number of aliphatic hydroxyl groups excluding tert-OH is 1. The molecule has 4 heterocycles. The van der Waals surface area contributed by atoms with Crippen molar-refractivity contribution in [1.29, 1.82) is 0 Å². The lowest BCUT2D eigenvalue weighted by Crippen LogP contribution is -2.28. The Kier molecular flexibility index (Phi) is 4.64. The highest BCUT2D eigenvalue weighted by Gasteiger charge is 2.27. The Bertz CT molecular complexity index is 1340. The van der Waals surface area contributed by atoms with Gasteiger partial charge in [-0.1, -0.05) is 0 Å². The molecule has 8 nitrogen and oxygen atoms in total. The molecule has 1 atom stereocenters. The molecule has 5 rings (SSSR count). The summed E-state index contributed by atoms with van der Waals surface area (Å²) in [7, 11) is 1.79. The molecular weight excluding hydrogens is 418 g/mol. The van der Waals surface area contributed by atoms with Gasteiger partial charge in [-0.2, -0.15) is 0 Å². The van der Waals surface area contributed by atoms with Crippen LogP contribution in [0.4, 0.5) is 0 Å². The van der Waals surface area contributed by atoms with Crippen LogP contribution in [0, 0.1) is 0 Å². The van der Waals surface area contributed by atoms with Gasteiger partial charge in [-0.25, -0.2) is 4.79 Å². The average molecular weight is 437 g/mol. The maximum Gasteiger partial charge on any atom is 0.337 e. The summed E-state index contributed by atoms with van der Waals surface area (Å²) in [6.45, 7) is 0.888. The summed E-state index contributed by atoms with van der Waals surface area (Å²) in [5.74, 6) is 0.0398. The van der Waals surface area contributed by atoms with Gasteiger partial charge in [-0.15, -0.1) is 11.3 Å². The first-order valence-electron chi connectivity index (χ1n) is 9.77. The van der Waals surface area contributed by atoms with Crippen molar-refractivity contribution in [2.45, 2.75) is 12.5 Å². The zero-order valence-electron chi connectivity index (χ0n) is 16.6. The van der Waals surface area contributed by atoms with Gasteiger partial charge in [0, 0.05) is 50.0 Å². The lowest BCUT2D eigenvalue weighted by atomic mass is 10.2. The number of carbonyl (C=O) groups is 2. The summed E-state index contributed by atoms with van der Waals surface area (Å²) >= 11 is 1.31. The van der Waals surface area contributed by atoms with E-state index in [2.05, 4.69) is 4.98 Å². The average Bonchev–Trinajstić information content (AvgIpc) is 3.45. The summed E-state index contributed by atoms with van der Waals surface area (Å²) in [6.07, 6.45) is 3.33. The number of nitrogens with zero attached hydrogens (tertiary/aromatic N) is 3. The van der Waals surface area contributed by atoms with Crippen LogP contribution in [0.25, 0.3) is 21.1 Å². The minimum atomic E-state index is -0.976. The molecule has 0 saturated carbocycles. The second kappa shape index (κ2) is 7.36. The number of thiophene rings is 1. The molecule has 3 aromatic heterocycles. The van der Waals surface area contributed by atoms with Crippen LogP contribution in [0.3, 0.4) is 0 Å². The summed E-state index contributed by atoms with van der Waals surface area (Å²) in [6, 6.07) is 8.74. The summed E-state index contributed by atoms with van der Waals surface area (Å²) in [4.78, 5) is 30.8. The molecule has 158 valence electrons. The third-order valence-electron chi connectivity index (χ3n) is 5.46. The number of amides is 1. The number of carboxylic acid groups (broad SMARTS) is 1. The SMILES string of the molecule is Cn1cc(C(=O)O)c2ccc(Oc3ccnc4cc(C(=O)N5CC[C@@H](O)C5)sc34)cc21. The maximum absolute atomic E-state index is 12.8. The molecule has 1 saturated heterocycles. The van der Waals surface area contributed by atoms with Crippen LogP contribution in [0.15, 0.2) is 42.7 Å². The molecule has 2 N–H and O–H groups in total. The van der Waals surface area contributed by atoms with Crippen LogP contribution in [-0.4, -0.2) is 55.7 Å². The Balaban J connectivity index is 1.48. The van der Waals surface area contributed by atoms with Gasteiger partial charge in [0.2, 0.25) is 0 Å². The van der Waals surface area contributed by atoms with Crippen molar-refractivity contribution < 1.29 is 24.5 Å². The second-order valence-electron chi connectivity index (χ2n) is 7.57. The monoisotopic (exact) mass is 437 g/mol.